The molecule has 0 aliphatic heterocycles. The molecule has 0 spiro atoms. The average Bonchev–Trinajstić information content (AvgIpc) is 3.12. The Bertz CT molecular complexity index is 992. The van der Waals surface area contributed by atoms with Crippen LogP contribution in [0.1, 0.15) is 43.5 Å². The highest BCUT2D eigenvalue weighted by molar-refractivity contribution is 7.99. The van der Waals surface area contributed by atoms with Crippen molar-refractivity contribution in [2.75, 3.05) is 5.75 Å². The van der Waals surface area contributed by atoms with E-state index in [0.717, 1.165) is 40.4 Å². The minimum Gasteiger partial charge on any atom is -0.462 e. The Morgan fingerprint density at radius 2 is 2.23 bits per heavy atom. The van der Waals surface area contributed by atoms with E-state index in [1.807, 2.05) is 25.2 Å². The van der Waals surface area contributed by atoms with Gasteiger partial charge in [-0.1, -0.05) is 18.7 Å². The smallest absolute Gasteiger partial charge is 0.316 e. The molecule has 8 heteroatoms. The summed E-state index contributed by atoms with van der Waals surface area (Å²) in [6, 6.07) is 0. The number of carbonyl (C=O) groups excluding carboxylic acids is 1. The van der Waals surface area contributed by atoms with Crippen molar-refractivity contribution in [2.45, 2.75) is 58.2 Å². The maximum Gasteiger partial charge on any atom is 0.316 e. The standard InChI is InChI=1S/C18H22N4O2S2/c1-9(2)24-14(23)8-25-18-21-20-16-15-12-6-5-10(3)7-13(12)26-17(15)19-11(4)22(16)18/h9-10H,5-8H2,1-4H3. The zero-order valence-corrected chi connectivity index (χ0v) is 17.0. The van der Waals surface area contributed by atoms with Gasteiger partial charge >= 0.3 is 5.97 Å². The number of aromatic nitrogens is 4. The molecule has 0 bridgehead atoms. The molecule has 138 valence electrons. The van der Waals surface area contributed by atoms with Crippen molar-refractivity contribution in [1.29, 1.82) is 0 Å². The minimum atomic E-state index is -0.240. The van der Waals surface area contributed by atoms with Crippen LogP contribution in [-0.4, -0.2) is 37.4 Å². The maximum atomic E-state index is 11.8. The van der Waals surface area contributed by atoms with Gasteiger partial charge in [-0.05, 0) is 51.5 Å². The Kier molecular flexibility index (Phi) is 4.64. The molecule has 1 aliphatic rings. The lowest BCUT2D eigenvalue weighted by atomic mass is 9.89. The number of nitrogens with zero attached hydrogens (tertiary/aromatic N) is 4. The molecule has 0 N–H and O–H groups in total. The third kappa shape index (κ3) is 3.09. The maximum absolute atomic E-state index is 11.8. The van der Waals surface area contributed by atoms with Gasteiger partial charge in [0.25, 0.3) is 0 Å². The van der Waals surface area contributed by atoms with E-state index in [1.165, 1.54) is 28.6 Å². The van der Waals surface area contributed by atoms with Gasteiger partial charge in [0.05, 0.1) is 17.2 Å². The molecule has 3 aromatic rings. The third-order valence-corrected chi connectivity index (χ3v) is 6.67. The van der Waals surface area contributed by atoms with Crippen LogP contribution in [0.3, 0.4) is 0 Å². The molecule has 26 heavy (non-hydrogen) atoms. The van der Waals surface area contributed by atoms with E-state index in [4.69, 9.17) is 9.72 Å². The van der Waals surface area contributed by atoms with E-state index in [-0.39, 0.29) is 17.8 Å². The molecule has 3 heterocycles. The van der Waals surface area contributed by atoms with Gasteiger partial charge in [-0.25, -0.2) is 4.98 Å². The van der Waals surface area contributed by atoms with Crippen LogP contribution < -0.4 is 0 Å². The lowest BCUT2D eigenvalue weighted by Gasteiger charge is -2.17. The number of ether oxygens (including phenoxy) is 1. The Morgan fingerprint density at radius 1 is 1.42 bits per heavy atom. The monoisotopic (exact) mass is 390 g/mol. The van der Waals surface area contributed by atoms with E-state index in [1.54, 1.807) is 11.3 Å². The van der Waals surface area contributed by atoms with Gasteiger partial charge in [0.1, 0.15) is 10.7 Å². The topological polar surface area (TPSA) is 69.4 Å². The largest absolute Gasteiger partial charge is 0.462 e. The second-order valence-corrected chi connectivity index (χ2v) is 9.19. The first-order valence-corrected chi connectivity index (χ1v) is 10.7. The number of esters is 1. The summed E-state index contributed by atoms with van der Waals surface area (Å²) in [6.07, 6.45) is 3.29. The number of aryl methyl sites for hydroxylation is 2. The first kappa shape index (κ1) is 17.7. The van der Waals surface area contributed by atoms with Crippen LogP contribution >= 0.6 is 23.1 Å². The molecule has 4 rings (SSSR count). The highest BCUT2D eigenvalue weighted by Crippen LogP contribution is 2.39. The molecule has 0 saturated heterocycles. The van der Waals surface area contributed by atoms with Crippen LogP contribution in [0, 0.1) is 12.8 Å². The van der Waals surface area contributed by atoms with Crippen molar-refractivity contribution in [3.8, 4) is 0 Å². The normalized spacial score (nSPS) is 17.2. The number of thioether (sulfide) groups is 1. The number of carbonyl (C=O) groups is 1. The second-order valence-electron chi connectivity index (χ2n) is 7.16. The van der Waals surface area contributed by atoms with Crippen molar-refractivity contribution in [1.82, 2.24) is 19.6 Å². The Morgan fingerprint density at radius 3 is 3.00 bits per heavy atom. The molecule has 1 atom stereocenters. The molecule has 0 saturated carbocycles. The molecule has 1 aliphatic carbocycles. The molecule has 1 unspecified atom stereocenters. The summed E-state index contributed by atoms with van der Waals surface area (Å²) in [6.45, 7) is 7.97. The van der Waals surface area contributed by atoms with Gasteiger partial charge in [-0.3, -0.25) is 9.20 Å². The first-order chi connectivity index (χ1) is 12.4. The fraction of sp³-hybridized carbons (Fsp3) is 0.556. The van der Waals surface area contributed by atoms with E-state index in [9.17, 15) is 4.79 Å². The van der Waals surface area contributed by atoms with Crippen LogP contribution in [0.25, 0.3) is 15.9 Å². The van der Waals surface area contributed by atoms with Crippen molar-refractivity contribution >= 4 is 44.9 Å². The number of hydrogen-bond acceptors (Lipinski definition) is 7. The summed E-state index contributed by atoms with van der Waals surface area (Å²) >= 11 is 3.14. The summed E-state index contributed by atoms with van der Waals surface area (Å²) < 4.78 is 7.17. The fourth-order valence-corrected chi connectivity index (χ4v) is 5.66. The number of thiophene rings is 1. The summed E-state index contributed by atoms with van der Waals surface area (Å²) in [4.78, 5) is 19.2. The third-order valence-electron chi connectivity index (χ3n) is 4.62. The molecular weight excluding hydrogens is 368 g/mol. The molecule has 6 nitrogen and oxygen atoms in total. The van der Waals surface area contributed by atoms with Crippen LogP contribution in [0.2, 0.25) is 0 Å². The van der Waals surface area contributed by atoms with Gasteiger partial charge in [-0.15, -0.1) is 21.5 Å². The van der Waals surface area contributed by atoms with Crippen LogP contribution in [0.15, 0.2) is 5.16 Å². The SMILES string of the molecule is Cc1nc2sc3c(c2c2nnc(SCC(=O)OC(C)C)n12)CCC(C)C3. The zero-order valence-electron chi connectivity index (χ0n) is 15.4. The van der Waals surface area contributed by atoms with Gasteiger partial charge < -0.3 is 4.74 Å². The van der Waals surface area contributed by atoms with Gasteiger partial charge in [-0.2, -0.15) is 0 Å². The van der Waals surface area contributed by atoms with Gasteiger partial charge in [0.2, 0.25) is 0 Å². The lowest BCUT2D eigenvalue weighted by molar-refractivity contribution is -0.144. The molecule has 0 aromatic carbocycles. The van der Waals surface area contributed by atoms with Crippen LogP contribution in [0.5, 0.6) is 0 Å². The number of hydrogen-bond donors (Lipinski definition) is 0. The van der Waals surface area contributed by atoms with Crippen molar-refractivity contribution < 1.29 is 9.53 Å². The summed E-state index contributed by atoms with van der Waals surface area (Å²) in [5.74, 6) is 1.55. The highest BCUT2D eigenvalue weighted by Gasteiger charge is 2.25. The van der Waals surface area contributed by atoms with Crippen molar-refractivity contribution in [3.63, 3.8) is 0 Å². The predicted molar refractivity (Wildman–Crippen MR) is 104 cm³/mol. The molecule has 0 amide bonds. The summed E-state index contributed by atoms with van der Waals surface area (Å²) in [5.41, 5.74) is 2.25. The average molecular weight is 391 g/mol. The molecule has 0 radical (unpaired) electrons. The second kappa shape index (κ2) is 6.81. The molecule has 3 aromatic heterocycles. The zero-order chi connectivity index (χ0) is 18.4. The molecular formula is C18H22N4O2S2. The summed E-state index contributed by atoms with van der Waals surface area (Å²) in [5, 5.41) is 10.6. The first-order valence-electron chi connectivity index (χ1n) is 8.92. The van der Waals surface area contributed by atoms with Gasteiger partial charge in [0.15, 0.2) is 10.8 Å². The number of rotatable bonds is 4. The van der Waals surface area contributed by atoms with Gasteiger partial charge in [0, 0.05) is 4.88 Å². The van der Waals surface area contributed by atoms with Crippen LogP contribution in [0.4, 0.5) is 0 Å². The Balaban J connectivity index is 1.74. The van der Waals surface area contributed by atoms with E-state index in [2.05, 4.69) is 17.1 Å². The predicted octanol–water partition coefficient (Wildman–Crippen LogP) is 3.82. The van der Waals surface area contributed by atoms with E-state index in [0.29, 0.717) is 5.16 Å². The number of fused-ring (bicyclic) bond motifs is 5. The van der Waals surface area contributed by atoms with Crippen molar-refractivity contribution in [2.24, 2.45) is 5.92 Å². The Labute approximate surface area is 160 Å². The highest BCUT2D eigenvalue weighted by atomic mass is 32.2. The van der Waals surface area contributed by atoms with Crippen LogP contribution in [-0.2, 0) is 22.4 Å². The summed E-state index contributed by atoms with van der Waals surface area (Å²) in [7, 11) is 0. The van der Waals surface area contributed by atoms with E-state index >= 15 is 0 Å². The molecule has 0 fully saturated rings. The van der Waals surface area contributed by atoms with E-state index < -0.39 is 0 Å². The quantitative estimate of drug-likeness (QED) is 0.498. The minimum absolute atomic E-state index is 0.110. The Hall–Kier alpha value is -1.67. The van der Waals surface area contributed by atoms with Crippen molar-refractivity contribution in [3.05, 3.63) is 16.3 Å². The lowest BCUT2D eigenvalue weighted by Crippen LogP contribution is -2.13. The fourth-order valence-electron chi connectivity index (χ4n) is 3.48.